The first-order chi connectivity index (χ1) is 9.05. The van der Waals surface area contributed by atoms with E-state index in [1.165, 1.54) is 29.2 Å². The van der Waals surface area contributed by atoms with Crippen LogP contribution >= 0.6 is 0 Å². The zero-order chi connectivity index (χ0) is 13.5. The molecule has 0 aliphatic carbocycles. The average Bonchev–Trinajstić information content (AvgIpc) is 2.88. The molecule has 1 atom stereocenters. The molecule has 3 rings (SSSR count). The predicted molar refractivity (Wildman–Crippen MR) is 80.1 cm³/mol. The molecule has 1 saturated heterocycles. The molecule has 2 aromatic rings. The summed E-state index contributed by atoms with van der Waals surface area (Å²) in [6, 6.07) is 8.74. The van der Waals surface area contributed by atoms with E-state index in [-0.39, 0.29) is 11.0 Å². The molecule has 0 radical (unpaired) electrons. The molecule has 1 unspecified atom stereocenters. The van der Waals surface area contributed by atoms with Crippen molar-refractivity contribution >= 4 is 10.8 Å². The van der Waals surface area contributed by atoms with Gasteiger partial charge in [-0.2, -0.15) is 0 Å². The zero-order valence-corrected chi connectivity index (χ0v) is 12.0. The van der Waals surface area contributed by atoms with Gasteiger partial charge in [0.1, 0.15) is 0 Å². The van der Waals surface area contributed by atoms with E-state index in [1.807, 2.05) is 12.4 Å². The Hall–Kier alpha value is -1.41. The van der Waals surface area contributed by atoms with Crippen molar-refractivity contribution in [1.82, 2.24) is 10.3 Å². The maximum atomic E-state index is 4.25. The van der Waals surface area contributed by atoms with E-state index in [2.05, 4.69) is 55.3 Å². The number of pyridine rings is 1. The van der Waals surface area contributed by atoms with Crippen molar-refractivity contribution in [2.24, 2.45) is 5.41 Å². The SMILES string of the molecule is CC(C)(C)C1(c2cccc3cnccc23)CCCN1. The van der Waals surface area contributed by atoms with Gasteiger partial charge < -0.3 is 5.32 Å². The normalized spacial score (nSPS) is 23.9. The average molecular weight is 254 g/mol. The number of rotatable bonds is 1. The van der Waals surface area contributed by atoms with Crippen LogP contribution in [0.1, 0.15) is 39.2 Å². The number of nitrogens with zero attached hydrogens (tertiary/aromatic N) is 1. The van der Waals surface area contributed by atoms with E-state index >= 15 is 0 Å². The second kappa shape index (κ2) is 4.31. The van der Waals surface area contributed by atoms with E-state index in [9.17, 15) is 0 Å². The molecular formula is C17H22N2. The first kappa shape index (κ1) is 12.6. The van der Waals surface area contributed by atoms with Crippen LogP contribution in [-0.4, -0.2) is 11.5 Å². The summed E-state index contributed by atoms with van der Waals surface area (Å²) in [5, 5.41) is 6.37. The summed E-state index contributed by atoms with van der Waals surface area (Å²) in [7, 11) is 0. The molecule has 2 nitrogen and oxygen atoms in total. The van der Waals surface area contributed by atoms with E-state index < -0.39 is 0 Å². The fraction of sp³-hybridized carbons (Fsp3) is 0.471. The van der Waals surface area contributed by atoms with Gasteiger partial charge in [-0.15, -0.1) is 0 Å². The number of hydrogen-bond donors (Lipinski definition) is 1. The second-order valence-electron chi connectivity index (χ2n) is 6.59. The highest BCUT2D eigenvalue weighted by Crippen LogP contribution is 2.47. The third kappa shape index (κ3) is 1.86. The molecule has 1 fully saturated rings. The number of hydrogen-bond acceptors (Lipinski definition) is 2. The molecule has 1 aromatic carbocycles. The number of fused-ring (bicyclic) bond motifs is 1. The Morgan fingerprint density at radius 2 is 2.05 bits per heavy atom. The fourth-order valence-corrected chi connectivity index (χ4v) is 3.51. The highest BCUT2D eigenvalue weighted by Gasteiger charge is 2.45. The third-order valence-electron chi connectivity index (χ3n) is 4.58. The number of aromatic nitrogens is 1. The molecule has 1 aromatic heterocycles. The first-order valence-electron chi connectivity index (χ1n) is 7.13. The minimum atomic E-state index is 0.0772. The van der Waals surface area contributed by atoms with Gasteiger partial charge in [0, 0.05) is 23.3 Å². The fourth-order valence-electron chi connectivity index (χ4n) is 3.51. The monoisotopic (exact) mass is 254 g/mol. The van der Waals surface area contributed by atoms with Crippen molar-refractivity contribution in [3.63, 3.8) is 0 Å². The molecule has 1 aliphatic heterocycles. The Balaban J connectivity index is 2.27. The summed E-state index contributed by atoms with van der Waals surface area (Å²) < 4.78 is 0. The molecule has 19 heavy (non-hydrogen) atoms. The van der Waals surface area contributed by atoms with Gasteiger partial charge in [-0.25, -0.2) is 0 Å². The minimum absolute atomic E-state index is 0.0772. The molecule has 1 N–H and O–H groups in total. The Labute approximate surface area is 115 Å². The van der Waals surface area contributed by atoms with Crippen LogP contribution in [0.25, 0.3) is 10.8 Å². The lowest BCUT2D eigenvalue weighted by molar-refractivity contribution is 0.162. The lowest BCUT2D eigenvalue weighted by atomic mass is 9.67. The van der Waals surface area contributed by atoms with Gasteiger partial charge in [0.15, 0.2) is 0 Å². The lowest BCUT2D eigenvalue weighted by Crippen LogP contribution is -2.48. The summed E-state index contributed by atoms with van der Waals surface area (Å²) >= 11 is 0. The molecule has 0 bridgehead atoms. The van der Waals surface area contributed by atoms with E-state index in [0.717, 1.165) is 6.54 Å². The lowest BCUT2D eigenvalue weighted by Gasteiger charge is -2.43. The van der Waals surface area contributed by atoms with E-state index in [4.69, 9.17) is 0 Å². The first-order valence-corrected chi connectivity index (χ1v) is 7.13. The predicted octanol–water partition coefficient (Wildman–Crippen LogP) is 3.86. The van der Waals surface area contributed by atoms with Crippen molar-refractivity contribution in [3.8, 4) is 0 Å². The van der Waals surface area contributed by atoms with Crippen molar-refractivity contribution in [3.05, 3.63) is 42.2 Å². The standard InChI is InChI=1S/C17H22N2/c1-16(2,3)17(9-5-10-19-17)15-7-4-6-13-12-18-11-8-14(13)15/h4,6-8,11-12,19H,5,9-10H2,1-3H3. The van der Waals surface area contributed by atoms with Gasteiger partial charge in [-0.05, 0) is 41.8 Å². The topological polar surface area (TPSA) is 24.9 Å². The maximum Gasteiger partial charge on any atom is 0.0490 e. The Morgan fingerprint density at radius 1 is 1.21 bits per heavy atom. The van der Waals surface area contributed by atoms with Crippen LogP contribution in [0.4, 0.5) is 0 Å². The van der Waals surface area contributed by atoms with Gasteiger partial charge in [0.2, 0.25) is 0 Å². The zero-order valence-electron chi connectivity index (χ0n) is 12.0. The molecule has 0 saturated carbocycles. The number of nitrogens with one attached hydrogen (secondary N) is 1. The van der Waals surface area contributed by atoms with Crippen molar-refractivity contribution in [1.29, 1.82) is 0 Å². The smallest absolute Gasteiger partial charge is 0.0490 e. The molecule has 2 heterocycles. The molecule has 2 heteroatoms. The highest BCUT2D eigenvalue weighted by atomic mass is 15.0. The van der Waals surface area contributed by atoms with Crippen molar-refractivity contribution in [2.45, 2.75) is 39.2 Å². The maximum absolute atomic E-state index is 4.25. The Morgan fingerprint density at radius 3 is 2.74 bits per heavy atom. The molecule has 0 amide bonds. The van der Waals surface area contributed by atoms with Crippen molar-refractivity contribution in [2.75, 3.05) is 6.54 Å². The van der Waals surface area contributed by atoms with Crippen LogP contribution in [0.15, 0.2) is 36.7 Å². The third-order valence-corrected chi connectivity index (χ3v) is 4.58. The summed E-state index contributed by atoms with van der Waals surface area (Å²) in [6.45, 7) is 8.13. The van der Waals surface area contributed by atoms with E-state index in [1.54, 1.807) is 0 Å². The Bertz CT molecular complexity index is 584. The van der Waals surface area contributed by atoms with Gasteiger partial charge in [-0.3, -0.25) is 4.98 Å². The summed E-state index contributed by atoms with van der Waals surface area (Å²) in [5.74, 6) is 0. The largest absolute Gasteiger partial charge is 0.307 e. The Kier molecular flexibility index (Phi) is 2.86. The number of benzene rings is 1. The molecule has 100 valence electrons. The minimum Gasteiger partial charge on any atom is -0.307 e. The van der Waals surface area contributed by atoms with Gasteiger partial charge in [0.05, 0.1) is 0 Å². The van der Waals surface area contributed by atoms with Crippen LogP contribution in [0.2, 0.25) is 0 Å². The van der Waals surface area contributed by atoms with Crippen LogP contribution < -0.4 is 5.32 Å². The van der Waals surface area contributed by atoms with Gasteiger partial charge >= 0.3 is 0 Å². The van der Waals surface area contributed by atoms with Crippen LogP contribution in [-0.2, 0) is 5.54 Å². The van der Waals surface area contributed by atoms with Gasteiger partial charge in [0.25, 0.3) is 0 Å². The van der Waals surface area contributed by atoms with E-state index in [0.29, 0.717) is 0 Å². The summed E-state index contributed by atoms with van der Waals surface area (Å²) in [4.78, 5) is 4.25. The molecule has 0 spiro atoms. The van der Waals surface area contributed by atoms with Crippen LogP contribution in [0, 0.1) is 5.41 Å². The molecular weight excluding hydrogens is 232 g/mol. The van der Waals surface area contributed by atoms with Crippen LogP contribution in [0.3, 0.4) is 0 Å². The molecule has 1 aliphatic rings. The van der Waals surface area contributed by atoms with Crippen molar-refractivity contribution < 1.29 is 0 Å². The second-order valence-corrected chi connectivity index (χ2v) is 6.59. The summed E-state index contributed by atoms with van der Waals surface area (Å²) in [6.07, 6.45) is 6.32. The van der Waals surface area contributed by atoms with Crippen LogP contribution in [0.5, 0.6) is 0 Å². The summed E-state index contributed by atoms with van der Waals surface area (Å²) in [5.41, 5.74) is 1.70. The van der Waals surface area contributed by atoms with Gasteiger partial charge in [-0.1, -0.05) is 39.0 Å². The highest BCUT2D eigenvalue weighted by molar-refractivity contribution is 5.86. The quantitative estimate of drug-likeness (QED) is 0.836.